The van der Waals surface area contributed by atoms with E-state index >= 15 is 0 Å². The number of aliphatic hydroxyl groups excluding tert-OH is 2. The minimum atomic E-state index is -0.375. The molecule has 3 aromatic rings. The first kappa shape index (κ1) is 22.1. The molecule has 149 valence electrons. The maximum Gasteiger partial charge on any atom is 0.135 e. The molecular weight excluding hydrogens is 532 g/mol. The summed E-state index contributed by atoms with van der Waals surface area (Å²) in [6, 6.07) is 22.8. The number of hydrogen-bond donors (Lipinski definition) is 2. The topological polar surface area (TPSA) is 65.8 Å². The first-order chi connectivity index (χ1) is 13.1. The summed E-state index contributed by atoms with van der Waals surface area (Å²) in [7, 11) is 0. The van der Waals surface area contributed by atoms with E-state index in [1.54, 1.807) is 20.0 Å². The standard InChI is InChI=1S/C17H11N2O.C5H12O2.Ir/c1-3-9-15-13(7-1)19(17-11-5-6-12-18-17)14-8-2-4-10-16(14)20-15;1-4(6)3-5(2)7;/h1-7,9-12H;4-7H,3H2,1-2H3;/q-1;;. The number of benzene rings is 2. The van der Waals surface area contributed by atoms with E-state index < -0.39 is 0 Å². The number of anilines is 3. The summed E-state index contributed by atoms with van der Waals surface area (Å²) in [5.74, 6) is 2.47. The number of rotatable bonds is 3. The number of pyridine rings is 1. The van der Waals surface area contributed by atoms with Crippen LogP contribution in [0.1, 0.15) is 20.3 Å². The molecule has 2 heterocycles. The summed E-state index contributed by atoms with van der Waals surface area (Å²) >= 11 is 0. The molecule has 0 saturated heterocycles. The molecule has 0 spiro atoms. The fourth-order valence-corrected chi connectivity index (χ4v) is 2.85. The largest absolute Gasteiger partial charge is 0.513 e. The van der Waals surface area contributed by atoms with Crippen LogP contribution in [0.5, 0.6) is 11.5 Å². The van der Waals surface area contributed by atoms with Gasteiger partial charge in [0.1, 0.15) is 11.6 Å². The molecule has 5 nitrogen and oxygen atoms in total. The van der Waals surface area contributed by atoms with Gasteiger partial charge in [0.25, 0.3) is 0 Å². The van der Waals surface area contributed by atoms with Crippen LogP contribution in [0.2, 0.25) is 0 Å². The minimum Gasteiger partial charge on any atom is -0.513 e. The van der Waals surface area contributed by atoms with Crippen molar-refractivity contribution in [1.29, 1.82) is 0 Å². The zero-order valence-electron chi connectivity index (χ0n) is 15.7. The molecule has 1 aliphatic rings. The van der Waals surface area contributed by atoms with E-state index in [-0.39, 0.29) is 32.3 Å². The average molecular weight is 556 g/mol. The minimum absolute atomic E-state index is 0. The third-order valence-electron chi connectivity index (χ3n) is 3.91. The van der Waals surface area contributed by atoms with E-state index in [1.807, 2.05) is 60.7 Å². The van der Waals surface area contributed by atoms with Crippen LogP contribution in [0.4, 0.5) is 17.2 Å². The maximum absolute atomic E-state index is 8.56. The molecule has 2 N–H and O–H groups in total. The number of hydrogen-bond acceptors (Lipinski definition) is 5. The normalized spacial score (nSPS) is 13.5. The van der Waals surface area contributed by atoms with Crippen molar-refractivity contribution in [3.05, 3.63) is 72.9 Å². The molecule has 0 aliphatic carbocycles. The van der Waals surface area contributed by atoms with E-state index in [1.165, 1.54) is 0 Å². The van der Waals surface area contributed by atoms with Crippen LogP contribution >= 0.6 is 0 Å². The number of aromatic nitrogens is 1. The van der Waals surface area contributed by atoms with E-state index in [4.69, 9.17) is 14.9 Å². The van der Waals surface area contributed by atoms with Crippen molar-refractivity contribution in [2.24, 2.45) is 0 Å². The number of ether oxygens (including phenoxy) is 1. The van der Waals surface area contributed by atoms with Gasteiger partial charge in [-0.1, -0.05) is 18.2 Å². The van der Waals surface area contributed by atoms with Gasteiger partial charge in [0.2, 0.25) is 0 Å². The van der Waals surface area contributed by atoms with E-state index in [0.717, 1.165) is 28.7 Å². The predicted octanol–water partition coefficient (Wildman–Crippen LogP) is 4.59. The van der Waals surface area contributed by atoms with Gasteiger partial charge in [-0.15, -0.1) is 6.07 Å². The van der Waals surface area contributed by atoms with Crippen LogP contribution < -0.4 is 9.64 Å². The summed E-state index contributed by atoms with van der Waals surface area (Å²) in [6.07, 6.45) is 1.51. The van der Waals surface area contributed by atoms with Gasteiger partial charge in [0.15, 0.2) is 0 Å². The molecule has 0 fully saturated rings. The SMILES string of the molecule is CC(O)CC(C)O.[Ir].[c-]1cccc2c1N(c1ccccn1)c1ccccc1O2. The first-order valence-electron chi connectivity index (χ1n) is 8.91. The van der Waals surface area contributed by atoms with Crippen LogP contribution in [-0.2, 0) is 20.1 Å². The Morgan fingerprint density at radius 1 is 0.964 bits per heavy atom. The number of nitrogens with zero attached hydrogens (tertiary/aromatic N) is 2. The van der Waals surface area contributed by atoms with Crippen molar-refractivity contribution < 1.29 is 35.1 Å². The smallest absolute Gasteiger partial charge is 0.135 e. The number of para-hydroxylation sites is 3. The van der Waals surface area contributed by atoms with Crippen LogP contribution in [0.3, 0.4) is 0 Å². The molecule has 1 radical (unpaired) electrons. The van der Waals surface area contributed by atoms with Gasteiger partial charge in [-0.2, -0.15) is 18.2 Å². The summed E-state index contributed by atoms with van der Waals surface area (Å²) < 4.78 is 5.93. The molecule has 4 rings (SSSR count). The van der Waals surface area contributed by atoms with E-state index in [2.05, 4.69) is 16.0 Å². The molecule has 2 unspecified atom stereocenters. The van der Waals surface area contributed by atoms with Crippen molar-refractivity contribution in [3.63, 3.8) is 0 Å². The Bertz CT molecular complexity index is 821. The van der Waals surface area contributed by atoms with Crippen molar-refractivity contribution >= 4 is 17.2 Å². The zero-order valence-corrected chi connectivity index (χ0v) is 18.1. The Balaban J connectivity index is 0.000000306. The van der Waals surface area contributed by atoms with Crippen molar-refractivity contribution in [3.8, 4) is 11.5 Å². The third kappa shape index (κ3) is 5.40. The van der Waals surface area contributed by atoms with Crippen molar-refractivity contribution in [2.75, 3.05) is 4.90 Å². The zero-order chi connectivity index (χ0) is 19.2. The summed E-state index contributed by atoms with van der Waals surface area (Å²) in [5.41, 5.74) is 1.85. The van der Waals surface area contributed by atoms with Gasteiger partial charge in [0.05, 0.1) is 17.9 Å². The fourth-order valence-electron chi connectivity index (χ4n) is 2.85. The second-order valence-electron chi connectivity index (χ2n) is 6.41. The van der Waals surface area contributed by atoms with Crippen LogP contribution in [0.25, 0.3) is 0 Å². The molecule has 2 aromatic carbocycles. The van der Waals surface area contributed by atoms with Crippen molar-refractivity contribution in [1.82, 2.24) is 4.98 Å². The molecule has 1 aromatic heterocycles. The Kier molecular flexibility index (Phi) is 8.15. The Labute approximate surface area is 179 Å². The Hall–Kier alpha value is -2.24. The number of aliphatic hydroxyl groups is 2. The fraction of sp³-hybridized carbons (Fsp3) is 0.227. The van der Waals surface area contributed by atoms with E-state index in [9.17, 15) is 0 Å². The van der Waals surface area contributed by atoms with Crippen LogP contribution in [0.15, 0.2) is 66.9 Å². The van der Waals surface area contributed by atoms with Gasteiger partial charge in [-0.3, -0.25) is 0 Å². The quantitative estimate of drug-likeness (QED) is 0.362. The van der Waals surface area contributed by atoms with Gasteiger partial charge in [-0.25, -0.2) is 4.98 Å². The maximum atomic E-state index is 8.56. The van der Waals surface area contributed by atoms with Gasteiger partial charge in [-0.05, 0) is 50.2 Å². The Morgan fingerprint density at radius 3 is 2.29 bits per heavy atom. The molecular formula is C22H23IrN2O3-. The summed E-state index contributed by atoms with van der Waals surface area (Å²) in [4.78, 5) is 6.51. The first-order valence-corrected chi connectivity index (χ1v) is 8.91. The summed E-state index contributed by atoms with van der Waals surface area (Å²) in [5, 5.41) is 17.1. The van der Waals surface area contributed by atoms with Gasteiger partial charge >= 0.3 is 0 Å². The summed E-state index contributed by atoms with van der Waals surface area (Å²) in [6.45, 7) is 3.32. The second-order valence-corrected chi connectivity index (χ2v) is 6.41. The Morgan fingerprint density at radius 2 is 1.64 bits per heavy atom. The van der Waals surface area contributed by atoms with Crippen LogP contribution in [-0.4, -0.2) is 27.4 Å². The van der Waals surface area contributed by atoms with Gasteiger partial charge < -0.3 is 19.8 Å². The van der Waals surface area contributed by atoms with E-state index in [0.29, 0.717) is 6.42 Å². The molecule has 6 heteroatoms. The molecule has 1 aliphatic heterocycles. The van der Waals surface area contributed by atoms with Crippen LogP contribution in [0, 0.1) is 6.07 Å². The average Bonchev–Trinajstić information content (AvgIpc) is 2.66. The third-order valence-corrected chi connectivity index (χ3v) is 3.91. The molecule has 0 bridgehead atoms. The van der Waals surface area contributed by atoms with Gasteiger partial charge in [0, 0.05) is 32.1 Å². The molecule has 2 atom stereocenters. The molecule has 28 heavy (non-hydrogen) atoms. The molecule has 0 saturated carbocycles. The monoisotopic (exact) mass is 556 g/mol. The molecule has 0 amide bonds. The van der Waals surface area contributed by atoms with Crippen molar-refractivity contribution in [2.45, 2.75) is 32.5 Å². The second kappa shape index (κ2) is 10.3. The predicted molar refractivity (Wildman–Crippen MR) is 106 cm³/mol. The number of fused-ring (bicyclic) bond motifs is 2.